The average Bonchev–Trinajstić information content (AvgIpc) is 3.30. The van der Waals surface area contributed by atoms with E-state index in [4.69, 9.17) is 14.2 Å². The SMILES string of the molecule is CC(C)(C)OC(=O)N1CCC(OC2CCC(Oc3ccc(-n4cncn4)cc3)CC2)CC1. The molecule has 2 heterocycles. The van der Waals surface area contributed by atoms with Crippen molar-refractivity contribution in [3.05, 3.63) is 36.9 Å². The number of nitrogens with zero attached hydrogens (tertiary/aromatic N) is 4. The van der Waals surface area contributed by atoms with Crippen LogP contribution in [0.15, 0.2) is 36.9 Å². The Balaban J connectivity index is 1.16. The Morgan fingerprint density at radius 3 is 2.16 bits per heavy atom. The summed E-state index contributed by atoms with van der Waals surface area (Å²) in [7, 11) is 0. The number of hydrogen-bond donors (Lipinski definition) is 0. The minimum Gasteiger partial charge on any atom is -0.490 e. The second kappa shape index (κ2) is 9.90. The predicted octanol–water partition coefficient (Wildman–Crippen LogP) is 4.37. The van der Waals surface area contributed by atoms with Crippen LogP contribution in [-0.2, 0) is 9.47 Å². The van der Waals surface area contributed by atoms with Crippen molar-refractivity contribution in [2.45, 2.75) is 83.2 Å². The number of rotatable bonds is 5. The molecule has 1 saturated carbocycles. The van der Waals surface area contributed by atoms with E-state index in [1.807, 2.05) is 45.0 Å². The van der Waals surface area contributed by atoms with Crippen LogP contribution in [0.2, 0.25) is 0 Å². The maximum Gasteiger partial charge on any atom is 0.410 e. The average molecular weight is 443 g/mol. The lowest BCUT2D eigenvalue weighted by atomic mass is 9.94. The minimum absolute atomic E-state index is 0.220. The van der Waals surface area contributed by atoms with Crippen LogP contribution in [0.4, 0.5) is 4.79 Å². The quantitative estimate of drug-likeness (QED) is 0.684. The number of hydrogen-bond acceptors (Lipinski definition) is 6. The zero-order valence-electron chi connectivity index (χ0n) is 19.3. The third-order valence-corrected chi connectivity index (χ3v) is 5.92. The highest BCUT2D eigenvalue weighted by atomic mass is 16.6. The van der Waals surface area contributed by atoms with Crippen LogP contribution in [-0.4, -0.2) is 62.8 Å². The van der Waals surface area contributed by atoms with Crippen molar-refractivity contribution in [1.82, 2.24) is 19.7 Å². The number of piperidine rings is 1. The molecule has 8 nitrogen and oxygen atoms in total. The molecular weight excluding hydrogens is 408 g/mol. The summed E-state index contributed by atoms with van der Waals surface area (Å²) in [6, 6.07) is 7.95. The standard InChI is InChI=1S/C24H34N4O4/c1-24(2,3)32-23(29)27-14-12-22(13-15-27)31-21-10-8-20(9-11-21)30-19-6-4-18(5-7-19)28-17-25-16-26-28/h4-7,16-17,20-22H,8-15H2,1-3H3. The summed E-state index contributed by atoms with van der Waals surface area (Å²) < 4.78 is 19.8. The molecule has 0 unspecified atom stereocenters. The van der Waals surface area contributed by atoms with E-state index in [0.29, 0.717) is 13.1 Å². The van der Waals surface area contributed by atoms with E-state index in [2.05, 4.69) is 10.1 Å². The highest BCUT2D eigenvalue weighted by molar-refractivity contribution is 5.68. The number of aromatic nitrogens is 3. The first-order valence-electron chi connectivity index (χ1n) is 11.6. The van der Waals surface area contributed by atoms with Gasteiger partial charge in [0.15, 0.2) is 0 Å². The van der Waals surface area contributed by atoms with E-state index in [0.717, 1.165) is 50.0 Å². The smallest absolute Gasteiger partial charge is 0.410 e. The number of amides is 1. The molecule has 8 heteroatoms. The first-order valence-corrected chi connectivity index (χ1v) is 11.6. The number of benzene rings is 1. The second-order valence-electron chi connectivity index (χ2n) is 9.65. The topological polar surface area (TPSA) is 78.7 Å². The van der Waals surface area contributed by atoms with E-state index in [1.54, 1.807) is 15.9 Å². The van der Waals surface area contributed by atoms with Crippen molar-refractivity contribution in [1.29, 1.82) is 0 Å². The number of ether oxygens (including phenoxy) is 3. The number of carbonyl (C=O) groups excluding carboxylic acids is 1. The summed E-state index contributed by atoms with van der Waals surface area (Å²) in [4.78, 5) is 18.0. The van der Waals surface area contributed by atoms with Crippen LogP contribution < -0.4 is 4.74 Å². The van der Waals surface area contributed by atoms with Crippen molar-refractivity contribution in [2.24, 2.45) is 0 Å². The lowest BCUT2D eigenvalue weighted by Gasteiger charge is -2.36. The molecule has 1 saturated heterocycles. The van der Waals surface area contributed by atoms with E-state index < -0.39 is 5.60 Å². The van der Waals surface area contributed by atoms with Gasteiger partial charge in [-0.2, -0.15) is 5.10 Å². The largest absolute Gasteiger partial charge is 0.490 e. The Kier molecular flexibility index (Phi) is 6.98. The molecule has 1 aliphatic carbocycles. The summed E-state index contributed by atoms with van der Waals surface area (Å²) in [5.41, 5.74) is 0.509. The fourth-order valence-corrected chi connectivity index (χ4v) is 4.27. The van der Waals surface area contributed by atoms with Crippen LogP contribution in [0.3, 0.4) is 0 Å². The van der Waals surface area contributed by atoms with Crippen molar-refractivity contribution in [2.75, 3.05) is 13.1 Å². The van der Waals surface area contributed by atoms with Gasteiger partial charge in [-0.05, 0) is 83.6 Å². The molecule has 1 aliphatic heterocycles. The van der Waals surface area contributed by atoms with Gasteiger partial charge in [-0.25, -0.2) is 14.5 Å². The van der Waals surface area contributed by atoms with E-state index in [-0.39, 0.29) is 24.4 Å². The molecule has 0 radical (unpaired) electrons. The molecule has 1 aromatic carbocycles. The molecule has 0 N–H and O–H groups in total. The van der Waals surface area contributed by atoms with E-state index in [1.165, 1.54) is 6.33 Å². The Morgan fingerprint density at radius 1 is 0.938 bits per heavy atom. The number of likely N-dealkylation sites (tertiary alicyclic amines) is 1. The molecule has 32 heavy (non-hydrogen) atoms. The zero-order valence-corrected chi connectivity index (χ0v) is 19.3. The summed E-state index contributed by atoms with van der Waals surface area (Å²) in [6.07, 6.45) is 9.45. The van der Waals surface area contributed by atoms with Gasteiger partial charge < -0.3 is 19.1 Å². The maximum atomic E-state index is 12.2. The van der Waals surface area contributed by atoms with Gasteiger partial charge >= 0.3 is 6.09 Å². The first-order chi connectivity index (χ1) is 15.4. The van der Waals surface area contributed by atoms with Gasteiger partial charge in [-0.15, -0.1) is 0 Å². The van der Waals surface area contributed by atoms with Gasteiger partial charge in [-0.3, -0.25) is 0 Å². The first kappa shape index (κ1) is 22.6. The van der Waals surface area contributed by atoms with Gasteiger partial charge in [0.05, 0.1) is 24.0 Å². The molecule has 2 fully saturated rings. The molecule has 2 aromatic rings. The molecule has 174 valence electrons. The van der Waals surface area contributed by atoms with Gasteiger partial charge in [0.2, 0.25) is 0 Å². The molecule has 2 aliphatic rings. The lowest BCUT2D eigenvalue weighted by Crippen LogP contribution is -2.44. The molecule has 0 bridgehead atoms. The highest BCUT2D eigenvalue weighted by Gasteiger charge is 2.30. The van der Waals surface area contributed by atoms with E-state index >= 15 is 0 Å². The van der Waals surface area contributed by atoms with Gasteiger partial charge in [-0.1, -0.05) is 0 Å². The predicted molar refractivity (Wildman–Crippen MR) is 120 cm³/mol. The highest BCUT2D eigenvalue weighted by Crippen LogP contribution is 2.28. The summed E-state index contributed by atoms with van der Waals surface area (Å²) in [5, 5.41) is 4.14. The van der Waals surface area contributed by atoms with Crippen LogP contribution in [0.1, 0.15) is 59.3 Å². The Morgan fingerprint density at radius 2 is 1.56 bits per heavy atom. The van der Waals surface area contributed by atoms with E-state index in [9.17, 15) is 4.79 Å². The van der Waals surface area contributed by atoms with Crippen LogP contribution >= 0.6 is 0 Å². The zero-order chi connectivity index (χ0) is 22.6. The number of carbonyl (C=O) groups is 1. The van der Waals surface area contributed by atoms with Crippen molar-refractivity contribution >= 4 is 6.09 Å². The van der Waals surface area contributed by atoms with Crippen LogP contribution in [0.5, 0.6) is 5.75 Å². The molecule has 1 aromatic heterocycles. The third kappa shape index (κ3) is 6.22. The van der Waals surface area contributed by atoms with Crippen molar-refractivity contribution in [3.63, 3.8) is 0 Å². The maximum absolute atomic E-state index is 12.2. The molecule has 0 spiro atoms. The Hall–Kier alpha value is -2.61. The Bertz CT molecular complexity index is 847. The monoisotopic (exact) mass is 442 g/mol. The summed E-state index contributed by atoms with van der Waals surface area (Å²) in [6.45, 7) is 7.09. The second-order valence-corrected chi connectivity index (χ2v) is 9.65. The fraction of sp³-hybridized carbons (Fsp3) is 0.625. The molecule has 0 atom stereocenters. The lowest BCUT2D eigenvalue weighted by molar-refractivity contribution is -0.0675. The summed E-state index contributed by atoms with van der Waals surface area (Å²) >= 11 is 0. The molecule has 4 rings (SSSR count). The van der Waals surface area contributed by atoms with Gasteiger partial charge in [0.25, 0.3) is 0 Å². The van der Waals surface area contributed by atoms with Gasteiger partial charge in [0.1, 0.15) is 24.0 Å². The van der Waals surface area contributed by atoms with Crippen molar-refractivity contribution < 1.29 is 19.0 Å². The van der Waals surface area contributed by atoms with Crippen LogP contribution in [0.25, 0.3) is 5.69 Å². The fourth-order valence-electron chi connectivity index (χ4n) is 4.27. The van der Waals surface area contributed by atoms with Crippen molar-refractivity contribution in [3.8, 4) is 11.4 Å². The molecule has 1 amide bonds. The van der Waals surface area contributed by atoms with Crippen LogP contribution in [0, 0.1) is 0 Å². The minimum atomic E-state index is -0.454. The Labute approximate surface area is 189 Å². The van der Waals surface area contributed by atoms with Gasteiger partial charge in [0, 0.05) is 13.1 Å². The normalized spacial score (nSPS) is 22.5. The molecular formula is C24H34N4O4. The third-order valence-electron chi connectivity index (χ3n) is 5.92. The summed E-state index contributed by atoms with van der Waals surface area (Å²) in [5.74, 6) is 0.882.